The third-order valence-electron chi connectivity index (χ3n) is 2.88. The van der Waals surface area contributed by atoms with Crippen LogP contribution < -0.4 is 5.56 Å². The summed E-state index contributed by atoms with van der Waals surface area (Å²) in [5.74, 6) is 0.644. The summed E-state index contributed by atoms with van der Waals surface area (Å²) in [4.78, 5) is 19.4. The topological polar surface area (TPSA) is 45.8 Å². The predicted octanol–water partition coefficient (Wildman–Crippen LogP) is 4.07. The molecule has 1 aromatic carbocycles. The lowest BCUT2D eigenvalue weighted by molar-refractivity contribution is 0.557. The number of halogens is 2. The first-order chi connectivity index (χ1) is 9.27. The molecule has 5 heteroatoms. The maximum atomic E-state index is 12.0. The van der Waals surface area contributed by atoms with Crippen molar-refractivity contribution in [1.29, 1.82) is 0 Å². The summed E-state index contributed by atoms with van der Waals surface area (Å²) in [5, 5.41) is 0.679. The molecule has 0 saturated heterocycles. The molecule has 20 heavy (non-hydrogen) atoms. The van der Waals surface area contributed by atoms with Gasteiger partial charge in [-0.25, -0.2) is 4.98 Å². The Bertz CT molecular complexity index is 689. The second-order valence-electron chi connectivity index (χ2n) is 5.73. The van der Waals surface area contributed by atoms with Crippen LogP contribution in [0, 0.1) is 0 Å². The fourth-order valence-corrected chi connectivity index (χ4v) is 2.92. The van der Waals surface area contributed by atoms with E-state index in [0.717, 1.165) is 11.3 Å². The molecule has 0 unspecified atom stereocenters. The van der Waals surface area contributed by atoms with Crippen LogP contribution in [0.25, 0.3) is 0 Å². The van der Waals surface area contributed by atoms with Crippen LogP contribution in [0.1, 0.15) is 37.9 Å². The summed E-state index contributed by atoms with van der Waals surface area (Å²) < 4.78 is 0.500. The van der Waals surface area contributed by atoms with Crippen LogP contribution in [-0.2, 0) is 11.8 Å². The first-order valence-electron chi connectivity index (χ1n) is 6.31. The molecule has 2 aromatic rings. The Labute approximate surface area is 131 Å². The van der Waals surface area contributed by atoms with E-state index in [1.807, 2.05) is 45.0 Å². The molecule has 0 bridgehead atoms. The van der Waals surface area contributed by atoms with Crippen LogP contribution in [0.2, 0.25) is 5.02 Å². The number of rotatable bonds is 2. The van der Waals surface area contributed by atoms with Gasteiger partial charge >= 0.3 is 0 Å². The lowest BCUT2D eigenvalue weighted by atomic mass is 9.92. The highest BCUT2D eigenvalue weighted by molar-refractivity contribution is 9.10. The fraction of sp³-hybridized carbons (Fsp3) is 0.333. The van der Waals surface area contributed by atoms with Gasteiger partial charge in [0.05, 0.1) is 5.69 Å². The van der Waals surface area contributed by atoms with E-state index < -0.39 is 0 Å². The SMILES string of the molecule is CC(C)(C)c1nc(Cc2cccc(Cl)c2)[nH]c(=O)c1Br. The molecule has 0 fully saturated rings. The molecule has 0 atom stereocenters. The molecule has 1 aromatic heterocycles. The normalized spacial score (nSPS) is 11.7. The van der Waals surface area contributed by atoms with Gasteiger partial charge in [0, 0.05) is 16.9 Å². The van der Waals surface area contributed by atoms with E-state index >= 15 is 0 Å². The van der Waals surface area contributed by atoms with Crippen LogP contribution >= 0.6 is 27.5 Å². The number of aromatic amines is 1. The van der Waals surface area contributed by atoms with E-state index in [9.17, 15) is 4.79 Å². The Morgan fingerprint density at radius 2 is 2.05 bits per heavy atom. The average Bonchev–Trinajstić information content (AvgIpc) is 2.32. The van der Waals surface area contributed by atoms with Gasteiger partial charge in [-0.05, 0) is 33.6 Å². The summed E-state index contributed by atoms with van der Waals surface area (Å²) >= 11 is 9.29. The molecule has 0 aliphatic carbocycles. The number of nitrogens with one attached hydrogen (secondary N) is 1. The molecule has 1 N–H and O–H groups in total. The van der Waals surface area contributed by atoms with Crippen molar-refractivity contribution in [3.63, 3.8) is 0 Å². The van der Waals surface area contributed by atoms with Crippen LogP contribution in [0.5, 0.6) is 0 Å². The van der Waals surface area contributed by atoms with Gasteiger partial charge in [-0.15, -0.1) is 0 Å². The summed E-state index contributed by atoms with van der Waals surface area (Å²) in [5.41, 5.74) is 1.43. The van der Waals surface area contributed by atoms with E-state index in [-0.39, 0.29) is 11.0 Å². The molecule has 2 rings (SSSR count). The maximum absolute atomic E-state index is 12.0. The standard InChI is InChI=1S/C15H16BrClN2O/c1-15(2,3)13-12(16)14(20)19-11(18-13)8-9-5-4-6-10(17)7-9/h4-7H,8H2,1-3H3,(H,18,19,20). The van der Waals surface area contributed by atoms with Gasteiger partial charge in [0.1, 0.15) is 10.3 Å². The van der Waals surface area contributed by atoms with E-state index in [1.165, 1.54) is 0 Å². The van der Waals surface area contributed by atoms with Crippen molar-refractivity contribution in [2.75, 3.05) is 0 Å². The number of hydrogen-bond acceptors (Lipinski definition) is 2. The Morgan fingerprint density at radius 1 is 1.35 bits per heavy atom. The Balaban J connectivity index is 2.44. The monoisotopic (exact) mass is 354 g/mol. The summed E-state index contributed by atoms with van der Waals surface area (Å²) in [7, 11) is 0. The maximum Gasteiger partial charge on any atom is 0.265 e. The fourth-order valence-electron chi connectivity index (χ4n) is 1.93. The first kappa shape index (κ1) is 15.3. The quantitative estimate of drug-likeness (QED) is 0.882. The lowest BCUT2D eigenvalue weighted by Gasteiger charge is -2.19. The molecule has 106 valence electrons. The average molecular weight is 356 g/mol. The van der Waals surface area contributed by atoms with Gasteiger partial charge in [0.15, 0.2) is 0 Å². The Morgan fingerprint density at radius 3 is 2.65 bits per heavy atom. The molecule has 0 spiro atoms. The predicted molar refractivity (Wildman–Crippen MR) is 85.5 cm³/mol. The summed E-state index contributed by atoms with van der Waals surface area (Å²) in [6.07, 6.45) is 0.548. The zero-order valence-corrected chi connectivity index (χ0v) is 14.0. The van der Waals surface area contributed by atoms with Crippen molar-refractivity contribution < 1.29 is 0 Å². The third kappa shape index (κ3) is 3.49. The van der Waals surface area contributed by atoms with Crippen molar-refractivity contribution >= 4 is 27.5 Å². The highest BCUT2D eigenvalue weighted by Crippen LogP contribution is 2.25. The zero-order chi connectivity index (χ0) is 14.9. The lowest BCUT2D eigenvalue weighted by Crippen LogP contribution is -2.23. The van der Waals surface area contributed by atoms with Crippen LogP contribution in [0.15, 0.2) is 33.5 Å². The highest BCUT2D eigenvalue weighted by atomic mass is 79.9. The molecular weight excluding hydrogens is 340 g/mol. The van der Waals surface area contributed by atoms with Gasteiger partial charge in [-0.3, -0.25) is 4.79 Å². The Kier molecular flexibility index (Phi) is 4.35. The third-order valence-corrected chi connectivity index (χ3v) is 3.85. The second kappa shape index (κ2) is 5.70. The molecule has 0 saturated carbocycles. The largest absolute Gasteiger partial charge is 0.309 e. The summed E-state index contributed by atoms with van der Waals surface area (Å²) in [6, 6.07) is 7.55. The van der Waals surface area contributed by atoms with E-state index in [2.05, 4.69) is 25.9 Å². The molecule has 1 heterocycles. The van der Waals surface area contributed by atoms with E-state index in [1.54, 1.807) is 0 Å². The molecule has 0 aliphatic rings. The van der Waals surface area contributed by atoms with Crippen molar-refractivity contribution in [2.45, 2.75) is 32.6 Å². The molecular formula is C15H16BrClN2O. The minimum Gasteiger partial charge on any atom is -0.309 e. The van der Waals surface area contributed by atoms with Crippen LogP contribution in [-0.4, -0.2) is 9.97 Å². The van der Waals surface area contributed by atoms with Gasteiger partial charge in [-0.2, -0.15) is 0 Å². The highest BCUT2D eigenvalue weighted by Gasteiger charge is 2.22. The van der Waals surface area contributed by atoms with Crippen LogP contribution in [0.3, 0.4) is 0 Å². The Hall–Kier alpha value is -1.13. The molecule has 0 amide bonds. The summed E-state index contributed by atoms with van der Waals surface area (Å²) in [6.45, 7) is 6.09. The number of benzene rings is 1. The minimum absolute atomic E-state index is 0.151. The number of nitrogens with zero attached hydrogens (tertiary/aromatic N) is 1. The molecule has 0 aliphatic heterocycles. The van der Waals surface area contributed by atoms with Gasteiger partial charge in [0.2, 0.25) is 0 Å². The zero-order valence-electron chi connectivity index (χ0n) is 11.6. The van der Waals surface area contributed by atoms with Gasteiger partial charge in [-0.1, -0.05) is 44.5 Å². The van der Waals surface area contributed by atoms with E-state index in [0.29, 0.717) is 21.7 Å². The van der Waals surface area contributed by atoms with E-state index in [4.69, 9.17) is 11.6 Å². The van der Waals surface area contributed by atoms with Crippen molar-refractivity contribution in [3.8, 4) is 0 Å². The minimum atomic E-state index is -0.198. The van der Waals surface area contributed by atoms with Gasteiger partial charge in [0.25, 0.3) is 5.56 Å². The second-order valence-corrected chi connectivity index (χ2v) is 6.96. The van der Waals surface area contributed by atoms with Crippen molar-refractivity contribution in [2.24, 2.45) is 0 Å². The number of hydrogen-bond donors (Lipinski definition) is 1. The number of aromatic nitrogens is 2. The van der Waals surface area contributed by atoms with Crippen LogP contribution in [0.4, 0.5) is 0 Å². The number of H-pyrrole nitrogens is 1. The smallest absolute Gasteiger partial charge is 0.265 e. The molecule has 0 radical (unpaired) electrons. The van der Waals surface area contributed by atoms with Crippen molar-refractivity contribution in [1.82, 2.24) is 9.97 Å². The van der Waals surface area contributed by atoms with Gasteiger partial charge < -0.3 is 4.98 Å². The molecule has 3 nitrogen and oxygen atoms in total. The van der Waals surface area contributed by atoms with Crippen molar-refractivity contribution in [3.05, 3.63) is 61.2 Å². The first-order valence-corrected chi connectivity index (χ1v) is 7.48.